The van der Waals surface area contributed by atoms with Crippen LogP contribution >= 0.6 is 0 Å². The van der Waals surface area contributed by atoms with E-state index >= 15 is 0 Å². The number of nitro groups is 1. The van der Waals surface area contributed by atoms with Gasteiger partial charge in [0, 0.05) is 0 Å². The monoisotopic (exact) mass is 274 g/mol. The number of aromatic carboxylic acids is 1. The minimum absolute atomic E-state index is 0.318. The number of nitrogens with zero attached hydrogens (tertiary/aromatic N) is 2. The standard InChI is InChI=1S/C9H4F2N2O6/c10-7(11)5-6(9(14)15)19-8(12-5)3-1-2-4(18-3)13(16)17/h1-2,7H,(H,14,15). The number of aromatic nitrogens is 1. The summed E-state index contributed by atoms with van der Waals surface area (Å²) in [7, 11) is 0. The van der Waals surface area contributed by atoms with Crippen LogP contribution in [0.5, 0.6) is 0 Å². The highest BCUT2D eigenvalue weighted by Gasteiger charge is 2.28. The van der Waals surface area contributed by atoms with Crippen molar-refractivity contribution in [2.75, 3.05) is 0 Å². The van der Waals surface area contributed by atoms with Gasteiger partial charge in [0.2, 0.25) is 5.76 Å². The molecule has 0 radical (unpaired) electrons. The molecule has 0 amide bonds. The van der Waals surface area contributed by atoms with Crippen LogP contribution in [0.2, 0.25) is 0 Å². The average molecular weight is 274 g/mol. The molecule has 0 saturated heterocycles. The van der Waals surface area contributed by atoms with Crippen LogP contribution in [0.3, 0.4) is 0 Å². The molecule has 0 atom stereocenters. The summed E-state index contributed by atoms with van der Waals surface area (Å²) in [5, 5.41) is 19.0. The van der Waals surface area contributed by atoms with Gasteiger partial charge in [0.05, 0.1) is 6.07 Å². The van der Waals surface area contributed by atoms with Crippen molar-refractivity contribution in [3.8, 4) is 11.7 Å². The summed E-state index contributed by atoms with van der Waals surface area (Å²) in [4.78, 5) is 23.5. The van der Waals surface area contributed by atoms with Gasteiger partial charge in [-0.2, -0.15) is 0 Å². The van der Waals surface area contributed by atoms with Gasteiger partial charge < -0.3 is 13.9 Å². The predicted octanol–water partition coefficient (Wildman–Crippen LogP) is 2.48. The van der Waals surface area contributed by atoms with Crippen LogP contribution in [0, 0.1) is 10.1 Å². The Hall–Kier alpha value is -2.78. The summed E-state index contributed by atoms with van der Waals surface area (Å²) in [6, 6.07) is 2.02. The van der Waals surface area contributed by atoms with E-state index in [1.165, 1.54) is 0 Å². The zero-order chi connectivity index (χ0) is 14.2. The number of alkyl halides is 2. The fraction of sp³-hybridized carbons (Fsp3) is 0.111. The molecular weight excluding hydrogens is 270 g/mol. The van der Waals surface area contributed by atoms with Gasteiger partial charge in [0.15, 0.2) is 11.5 Å². The van der Waals surface area contributed by atoms with Crippen molar-refractivity contribution in [1.82, 2.24) is 4.98 Å². The van der Waals surface area contributed by atoms with Gasteiger partial charge in [-0.15, -0.1) is 0 Å². The Morgan fingerprint density at radius 2 is 2.11 bits per heavy atom. The number of rotatable bonds is 4. The molecule has 0 aromatic carbocycles. The van der Waals surface area contributed by atoms with Gasteiger partial charge in [-0.3, -0.25) is 10.1 Å². The maximum absolute atomic E-state index is 12.5. The number of carboxylic acids is 1. The molecule has 2 heterocycles. The minimum atomic E-state index is -3.16. The average Bonchev–Trinajstić information content (AvgIpc) is 2.95. The van der Waals surface area contributed by atoms with E-state index in [-0.39, 0.29) is 5.76 Å². The third-order valence-electron chi connectivity index (χ3n) is 2.04. The van der Waals surface area contributed by atoms with Gasteiger partial charge in [0.25, 0.3) is 12.3 Å². The molecular formula is C9H4F2N2O6. The Labute approximate surface area is 102 Å². The van der Waals surface area contributed by atoms with Crippen molar-refractivity contribution in [3.05, 3.63) is 33.7 Å². The van der Waals surface area contributed by atoms with Gasteiger partial charge in [0.1, 0.15) is 4.92 Å². The Morgan fingerprint density at radius 3 is 2.53 bits per heavy atom. The molecule has 10 heteroatoms. The van der Waals surface area contributed by atoms with Crippen LogP contribution in [0.1, 0.15) is 22.7 Å². The molecule has 100 valence electrons. The summed E-state index contributed by atoms with van der Waals surface area (Å²) >= 11 is 0. The molecule has 0 aliphatic carbocycles. The van der Waals surface area contributed by atoms with Gasteiger partial charge >= 0.3 is 11.9 Å². The number of furan rings is 1. The first kappa shape index (κ1) is 12.7. The molecule has 19 heavy (non-hydrogen) atoms. The molecule has 0 fully saturated rings. The van der Waals surface area contributed by atoms with E-state index in [9.17, 15) is 23.7 Å². The van der Waals surface area contributed by atoms with Gasteiger partial charge in [-0.25, -0.2) is 18.6 Å². The van der Waals surface area contributed by atoms with E-state index < -0.39 is 40.5 Å². The molecule has 0 aliphatic rings. The van der Waals surface area contributed by atoms with Crippen LogP contribution in [-0.2, 0) is 0 Å². The Morgan fingerprint density at radius 1 is 1.42 bits per heavy atom. The second kappa shape index (κ2) is 4.48. The van der Waals surface area contributed by atoms with E-state index in [4.69, 9.17) is 5.11 Å². The molecule has 2 aromatic rings. The summed E-state index contributed by atoms with van der Waals surface area (Å²) in [5.74, 6) is -4.30. The van der Waals surface area contributed by atoms with E-state index in [1.807, 2.05) is 0 Å². The lowest BCUT2D eigenvalue weighted by atomic mass is 10.3. The molecule has 0 unspecified atom stereocenters. The van der Waals surface area contributed by atoms with Crippen molar-refractivity contribution < 1.29 is 32.4 Å². The maximum Gasteiger partial charge on any atom is 0.433 e. The summed E-state index contributed by atoms with van der Waals surface area (Å²) in [5.41, 5.74) is -1.07. The lowest BCUT2D eigenvalue weighted by Crippen LogP contribution is -1.99. The van der Waals surface area contributed by atoms with Crippen molar-refractivity contribution in [2.24, 2.45) is 0 Å². The summed E-state index contributed by atoms with van der Waals surface area (Å²) in [6.45, 7) is 0. The third kappa shape index (κ3) is 2.27. The highest BCUT2D eigenvalue weighted by molar-refractivity contribution is 5.86. The molecule has 0 saturated carbocycles. The SMILES string of the molecule is O=C(O)c1oc(-c2ccc([N+](=O)[O-])o2)nc1C(F)F. The van der Waals surface area contributed by atoms with E-state index in [1.54, 1.807) is 0 Å². The van der Waals surface area contributed by atoms with Gasteiger partial charge in [-0.1, -0.05) is 0 Å². The first-order valence-electron chi connectivity index (χ1n) is 4.67. The molecule has 1 N–H and O–H groups in total. The number of hydrogen-bond donors (Lipinski definition) is 1. The molecule has 0 bridgehead atoms. The van der Waals surface area contributed by atoms with Crippen LogP contribution in [0.4, 0.5) is 14.7 Å². The Bertz CT molecular complexity index is 647. The van der Waals surface area contributed by atoms with E-state index in [2.05, 4.69) is 13.8 Å². The lowest BCUT2D eigenvalue weighted by Gasteiger charge is -1.91. The molecule has 0 spiro atoms. The van der Waals surface area contributed by atoms with Gasteiger partial charge in [-0.05, 0) is 6.07 Å². The summed E-state index contributed by atoms with van der Waals surface area (Å²) in [6.07, 6.45) is -3.16. The van der Waals surface area contributed by atoms with Crippen molar-refractivity contribution in [1.29, 1.82) is 0 Å². The smallest absolute Gasteiger partial charge is 0.433 e. The normalized spacial score (nSPS) is 10.9. The Kier molecular flexibility index (Phi) is 2.99. The molecule has 2 rings (SSSR count). The number of carboxylic acid groups (broad SMARTS) is 1. The first-order valence-corrected chi connectivity index (χ1v) is 4.67. The van der Waals surface area contributed by atoms with Crippen LogP contribution in [-0.4, -0.2) is 21.0 Å². The molecule has 2 aromatic heterocycles. The van der Waals surface area contributed by atoms with Crippen molar-refractivity contribution >= 4 is 11.9 Å². The number of oxazole rings is 1. The fourth-order valence-corrected chi connectivity index (χ4v) is 1.28. The van der Waals surface area contributed by atoms with Crippen LogP contribution in [0.25, 0.3) is 11.7 Å². The third-order valence-corrected chi connectivity index (χ3v) is 2.04. The van der Waals surface area contributed by atoms with Crippen molar-refractivity contribution in [2.45, 2.75) is 6.43 Å². The Balaban J connectivity index is 2.47. The maximum atomic E-state index is 12.5. The molecule has 8 nitrogen and oxygen atoms in total. The summed E-state index contributed by atoms with van der Waals surface area (Å²) < 4.78 is 34.3. The second-order valence-electron chi connectivity index (χ2n) is 3.23. The topological polar surface area (TPSA) is 120 Å². The van der Waals surface area contributed by atoms with E-state index in [0.717, 1.165) is 12.1 Å². The van der Waals surface area contributed by atoms with Crippen LogP contribution < -0.4 is 0 Å². The predicted molar refractivity (Wildman–Crippen MR) is 52.8 cm³/mol. The molecule has 0 aliphatic heterocycles. The largest absolute Gasteiger partial charge is 0.475 e. The van der Waals surface area contributed by atoms with Crippen molar-refractivity contribution in [3.63, 3.8) is 0 Å². The first-order chi connectivity index (χ1) is 8.90. The zero-order valence-electron chi connectivity index (χ0n) is 8.87. The number of carbonyl (C=O) groups is 1. The van der Waals surface area contributed by atoms with E-state index in [0.29, 0.717) is 0 Å². The number of halogens is 2. The number of hydrogen-bond acceptors (Lipinski definition) is 6. The second-order valence-corrected chi connectivity index (χ2v) is 3.23. The lowest BCUT2D eigenvalue weighted by molar-refractivity contribution is -0.401. The highest BCUT2D eigenvalue weighted by Crippen LogP contribution is 2.30. The quantitative estimate of drug-likeness (QED) is 0.671. The van der Waals surface area contributed by atoms with Crippen LogP contribution in [0.15, 0.2) is 21.0 Å². The minimum Gasteiger partial charge on any atom is -0.475 e. The zero-order valence-corrected chi connectivity index (χ0v) is 8.87. The fourth-order valence-electron chi connectivity index (χ4n) is 1.28. The highest BCUT2D eigenvalue weighted by atomic mass is 19.3.